The van der Waals surface area contributed by atoms with E-state index in [1.54, 1.807) is 18.5 Å². The highest BCUT2D eigenvalue weighted by Crippen LogP contribution is 2.42. The van der Waals surface area contributed by atoms with Gasteiger partial charge in [0.1, 0.15) is 17.7 Å². The Morgan fingerprint density at radius 1 is 1.32 bits per heavy atom. The third-order valence-corrected chi connectivity index (χ3v) is 8.38. The molecule has 0 amide bonds. The van der Waals surface area contributed by atoms with Crippen LogP contribution in [-0.2, 0) is 16.4 Å². The summed E-state index contributed by atoms with van der Waals surface area (Å²) in [5.41, 5.74) is 14.3. The first-order valence-corrected chi connectivity index (χ1v) is 13.5. The number of sulfonamides is 1. The standard InChI is InChI=1S/C23H33N5O4S2/c1-14-15(2)21(16(3)17-8-9-23(4,5)32-20(14)17)34(30,31)28-13-27-26-10-6-7-18(24)19(29)22-25-11-12-33-22/h11-13,18,26H,6-10,24H2,1-5H3,(H,27,28)/t18-/m0/s1. The number of aromatic nitrogens is 1. The number of hydrogen-bond donors (Lipinski definition) is 3. The Labute approximate surface area is 205 Å². The maximum absolute atomic E-state index is 13.0. The lowest BCUT2D eigenvalue weighted by Gasteiger charge is -2.35. The second-order valence-electron chi connectivity index (χ2n) is 9.10. The number of hydrazine groups is 1. The number of rotatable bonds is 10. The van der Waals surface area contributed by atoms with Gasteiger partial charge in [0, 0.05) is 18.1 Å². The van der Waals surface area contributed by atoms with E-state index in [9.17, 15) is 13.2 Å². The molecule has 1 atom stereocenters. The minimum Gasteiger partial charge on any atom is -0.487 e. The molecule has 4 N–H and O–H groups in total. The number of Topliss-reactive ketones (excluding diaryl/α,β-unsaturated/α-hetero) is 1. The van der Waals surface area contributed by atoms with E-state index in [1.807, 2.05) is 27.7 Å². The van der Waals surface area contributed by atoms with Crippen molar-refractivity contribution in [3.8, 4) is 5.75 Å². The second kappa shape index (κ2) is 10.5. The minimum atomic E-state index is -3.91. The van der Waals surface area contributed by atoms with Crippen molar-refractivity contribution < 1.29 is 17.9 Å². The van der Waals surface area contributed by atoms with Crippen molar-refractivity contribution in [2.75, 3.05) is 6.54 Å². The molecule has 34 heavy (non-hydrogen) atoms. The summed E-state index contributed by atoms with van der Waals surface area (Å²) in [6, 6.07) is -0.616. The van der Waals surface area contributed by atoms with Crippen molar-refractivity contribution in [2.45, 2.75) is 76.8 Å². The number of hydrogen-bond acceptors (Lipinski definition) is 8. The highest BCUT2D eigenvalue weighted by Gasteiger charge is 2.33. The van der Waals surface area contributed by atoms with Gasteiger partial charge in [0.2, 0.25) is 5.78 Å². The quantitative estimate of drug-likeness (QED) is 0.147. The fourth-order valence-electron chi connectivity index (χ4n) is 4.05. The molecule has 1 aromatic carbocycles. The minimum absolute atomic E-state index is 0.171. The lowest BCUT2D eigenvalue weighted by molar-refractivity contribution is 0.0831. The molecule has 0 saturated carbocycles. The van der Waals surface area contributed by atoms with Crippen LogP contribution in [0.25, 0.3) is 0 Å². The van der Waals surface area contributed by atoms with Gasteiger partial charge >= 0.3 is 0 Å². The number of nitrogens with zero attached hydrogens (tertiary/aromatic N) is 2. The zero-order valence-electron chi connectivity index (χ0n) is 20.3. The van der Waals surface area contributed by atoms with E-state index >= 15 is 0 Å². The Bertz CT molecular complexity index is 1170. The largest absolute Gasteiger partial charge is 0.487 e. The molecular formula is C23H33N5O4S2. The Hall–Kier alpha value is -2.34. The van der Waals surface area contributed by atoms with Crippen molar-refractivity contribution in [1.29, 1.82) is 0 Å². The molecular weight excluding hydrogens is 474 g/mol. The highest BCUT2D eigenvalue weighted by atomic mass is 32.2. The predicted octanol–water partition coefficient (Wildman–Crippen LogP) is 2.97. The van der Waals surface area contributed by atoms with Gasteiger partial charge in [0.25, 0.3) is 10.0 Å². The van der Waals surface area contributed by atoms with Crippen LogP contribution in [0.2, 0.25) is 0 Å². The van der Waals surface area contributed by atoms with E-state index in [1.165, 1.54) is 11.3 Å². The number of ether oxygens (including phenoxy) is 1. The van der Waals surface area contributed by atoms with Crippen molar-refractivity contribution in [1.82, 2.24) is 15.8 Å². The van der Waals surface area contributed by atoms with Crippen molar-refractivity contribution in [3.05, 3.63) is 38.8 Å². The van der Waals surface area contributed by atoms with Gasteiger partial charge < -0.3 is 15.9 Å². The van der Waals surface area contributed by atoms with Gasteiger partial charge in [0.05, 0.1) is 10.9 Å². The first kappa shape index (κ1) is 26.3. The van der Waals surface area contributed by atoms with Gasteiger partial charge in [0.15, 0.2) is 5.01 Å². The number of ketones is 1. The fourth-order valence-corrected chi connectivity index (χ4v) is 6.03. The molecule has 0 fully saturated rings. The first-order chi connectivity index (χ1) is 15.9. The molecule has 2 heterocycles. The number of benzene rings is 1. The van der Waals surface area contributed by atoms with E-state index in [0.717, 1.165) is 36.1 Å². The molecule has 2 aromatic rings. The summed E-state index contributed by atoms with van der Waals surface area (Å²) in [6.45, 7) is 10.1. The SMILES string of the molecule is Cc1c(C)c(S(=O)(=O)/N=C/NNCCC[C@H](N)C(=O)c2nccs2)c(C)c2c1OC(C)(C)CC2. The normalized spacial score (nSPS) is 16.2. The molecule has 3 rings (SSSR count). The summed E-state index contributed by atoms with van der Waals surface area (Å²) in [6.07, 6.45) is 5.37. The van der Waals surface area contributed by atoms with Gasteiger partial charge in [-0.25, -0.2) is 10.4 Å². The Morgan fingerprint density at radius 2 is 2.06 bits per heavy atom. The van der Waals surface area contributed by atoms with E-state index in [0.29, 0.717) is 35.5 Å². The number of nitrogens with two attached hydrogens (primary N) is 1. The van der Waals surface area contributed by atoms with Crippen LogP contribution < -0.4 is 21.3 Å². The van der Waals surface area contributed by atoms with Gasteiger partial charge in [-0.15, -0.1) is 15.7 Å². The molecule has 0 unspecified atom stereocenters. The number of carbonyl (C=O) groups is 1. The monoisotopic (exact) mass is 507 g/mol. The summed E-state index contributed by atoms with van der Waals surface area (Å²) >= 11 is 1.27. The van der Waals surface area contributed by atoms with E-state index in [-0.39, 0.29) is 16.3 Å². The van der Waals surface area contributed by atoms with Gasteiger partial charge in [-0.2, -0.15) is 8.42 Å². The molecule has 0 aliphatic carbocycles. The molecule has 186 valence electrons. The van der Waals surface area contributed by atoms with Crippen LogP contribution in [0.5, 0.6) is 5.75 Å². The molecule has 11 heteroatoms. The lowest BCUT2D eigenvalue weighted by atomic mass is 9.88. The lowest BCUT2D eigenvalue weighted by Crippen LogP contribution is -2.35. The molecule has 1 aliphatic heterocycles. The summed E-state index contributed by atoms with van der Waals surface area (Å²) in [5, 5.41) is 2.15. The predicted molar refractivity (Wildman–Crippen MR) is 134 cm³/mol. The van der Waals surface area contributed by atoms with E-state index < -0.39 is 16.1 Å². The molecule has 1 aromatic heterocycles. The number of nitrogens with one attached hydrogen (secondary N) is 2. The van der Waals surface area contributed by atoms with E-state index in [4.69, 9.17) is 10.5 Å². The molecule has 1 aliphatic rings. The molecule has 0 radical (unpaired) electrons. The van der Waals surface area contributed by atoms with Crippen LogP contribution in [-0.4, -0.2) is 43.7 Å². The average Bonchev–Trinajstić information content (AvgIpc) is 3.30. The van der Waals surface area contributed by atoms with Crippen LogP contribution in [0.3, 0.4) is 0 Å². The summed E-state index contributed by atoms with van der Waals surface area (Å²) < 4.78 is 36.1. The van der Waals surface area contributed by atoms with Gasteiger partial charge in [-0.3, -0.25) is 4.79 Å². The Kier molecular flexibility index (Phi) is 8.12. The molecule has 0 bridgehead atoms. The van der Waals surface area contributed by atoms with E-state index in [2.05, 4.69) is 20.2 Å². The zero-order chi connectivity index (χ0) is 25.1. The number of fused-ring (bicyclic) bond motifs is 1. The fraction of sp³-hybridized carbons (Fsp3) is 0.522. The number of thiazole rings is 1. The zero-order valence-corrected chi connectivity index (χ0v) is 21.9. The Balaban J connectivity index is 1.57. The second-order valence-corrected chi connectivity index (χ2v) is 11.6. The van der Waals surface area contributed by atoms with Crippen LogP contribution >= 0.6 is 11.3 Å². The Morgan fingerprint density at radius 3 is 2.74 bits per heavy atom. The van der Waals surface area contributed by atoms with Crippen molar-refractivity contribution in [3.63, 3.8) is 0 Å². The van der Waals surface area contributed by atoms with Gasteiger partial charge in [-0.05, 0) is 82.6 Å². The van der Waals surface area contributed by atoms with Crippen molar-refractivity contribution in [2.24, 2.45) is 10.1 Å². The van der Waals surface area contributed by atoms with Crippen molar-refractivity contribution >= 4 is 33.5 Å². The summed E-state index contributed by atoms with van der Waals surface area (Å²) in [5.74, 6) is 0.621. The average molecular weight is 508 g/mol. The molecule has 0 spiro atoms. The molecule has 9 nitrogen and oxygen atoms in total. The van der Waals surface area contributed by atoms with Crippen LogP contribution in [0.4, 0.5) is 0 Å². The third-order valence-electron chi connectivity index (χ3n) is 6.08. The highest BCUT2D eigenvalue weighted by molar-refractivity contribution is 7.90. The van der Waals surface area contributed by atoms with Gasteiger partial charge in [-0.1, -0.05) is 0 Å². The summed E-state index contributed by atoms with van der Waals surface area (Å²) in [7, 11) is -3.91. The third kappa shape index (κ3) is 5.83. The summed E-state index contributed by atoms with van der Waals surface area (Å²) in [4.78, 5) is 16.3. The number of carbonyl (C=O) groups excluding carboxylic acids is 1. The van der Waals surface area contributed by atoms with Crippen LogP contribution in [0.1, 0.15) is 65.2 Å². The smallest absolute Gasteiger partial charge is 0.284 e. The maximum atomic E-state index is 13.0. The first-order valence-electron chi connectivity index (χ1n) is 11.2. The van der Waals surface area contributed by atoms with Crippen LogP contribution in [0, 0.1) is 20.8 Å². The maximum Gasteiger partial charge on any atom is 0.284 e. The van der Waals surface area contributed by atoms with Crippen LogP contribution in [0.15, 0.2) is 20.9 Å². The topological polar surface area (TPSA) is 136 Å². The molecule has 0 saturated heterocycles.